The summed E-state index contributed by atoms with van der Waals surface area (Å²) in [5.74, 6) is -1.03. The van der Waals surface area contributed by atoms with E-state index in [1.807, 2.05) is 0 Å². The van der Waals surface area contributed by atoms with Gasteiger partial charge in [-0.3, -0.25) is 4.79 Å². The van der Waals surface area contributed by atoms with Gasteiger partial charge in [-0.25, -0.2) is 8.78 Å². The van der Waals surface area contributed by atoms with Crippen LogP contribution in [0.15, 0.2) is 47.1 Å². The summed E-state index contributed by atoms with van der Waals surface area (Å²) in [7, 11) is 0. The van der Waals surface area contributed by atoms with Crippen molar-refractivity contribution in [2.75, 3.05) is 18.4 Å². The Morgan fingerprint density at radius 2 is 2.00 bits per heavy atom. The molecule has 1 fully saturated rings. The second-order valence-corrected chi connectivity index (χ2v) is 8.61. The Hall–Kier alpha value is -3.82. The van der Waals surface area contributed by atoms with E-state index >= 15 is 4.39 Å². The largest absolute Gasteiger partial charge is 0.423 e. The standard InChI is InChI=1S/C24H24F2N6O2/c1-14-4-3-11-31(19(14)13-27-24-30-18-8-6-16(25)12-20(18)34-24)23(33)17-7-5-15(2)21(26)22(17)32-28-9-10-29-32/h5-10,12,14,19H,3-4,11,13H2,1-2H3,(H,27,30)/t14-,19-/m1/s1. The van der Waals surface area contributed by atoms with Crippen molar-refractivity contribution in [1.29, 1.82) is 0 Å². The van der Waals surface area contributed by atoms with Gasteiger partial charge in [-0.05, 0) is 49.4 Å². The molecule has 0 aliphatic carbocycles. The summed E-state index contributed by atoms with van der Waals surface area (Å²) >= 11 is 0. The Morgan fingerprint density at radius 1 is 1.21 bits per heavy atom. The number of amides is 1. The summed E-state index contributed by atoms with van der Waals surface area (Å²) in [6.07, 6.45) is 4.68. The minimum Gasteiger partial charge on any atom is -0.423 e. The van der Waals surface area contributed by atoms with Crippen LogP contribution in [0.2, 0.25) is 0 Å². The number of aromatic nitrogens is 4. The third-order valence-electron chi connectivity index (χ3n) is 6.35. The fourth-order valence-corrected chi connectivity index (χ4v) is 4.50. The highest BCUT2D eigenvalue weighted by atomic mass is 19.1. The molecule has 3 heterocycles. The molecule has 1 saturated heterocycles. The maximum absolute atomic E-state index is 15.1. The van der Waals surface area contributed by atoms with Gasteiger partial charge in [0.05, 0.1) is 24.0 Å². The number of carbonyl (C=O) groups is 1. The summed E-state index contributed by atoms with van der Waals surface area (Å²) in [5, 5.41) is 11.3. The normalized spacial score (nSPS) is 18.4. The van der Waals surface area contributed by atoms with Gasteiger partial charge in [-0.15, -0.1) is 4.80 Å². The molecule has 8 nitrogen and oxygen atoms in total. The molecule has 1 N–H and O–H groups in total. The third kappa shape index (κ3) is 4.00. The number of anilines is 1. The summed E-state index contributed by atoms with van der Waals surface area (Å²) < 4.78 is 34.2. The molecule has 10 heteroatoms. The van der Waals surface area contributed by atoms with Crippen LogP contribution in [-0.4, -0.2) is 49.9 Å². The number of benzene rings is 2. The van der Waals surface area contributed by atoms with E-state index in [0.717, 1.165) is 17.6 Å². The summed E-state index contributed by atoms with van der Waals surface area (Å²) in [4.78, 5) is 21.0. The van der Waals surface area contributed by atoms with Crippen LogP contribution in [0.5, 0.6) is 0 Å². The van der Waals surface area contributed by atoms with Gasteiger partial charge in [0.2, 0.25) is 0 Å². The van der Waals surface area contributed by atoms with E-state index in [4.69, 9.17) is 4.42 Å². The number of carbonyl (C=O) groups excluding carboxylic acids is 1. The summed E-state index contributed by atoms with van der Waals surface area (Å²) in [6.45, 7) is 4.64. The van der Waals surface area contributed by atoms with Crippen LogP contribution >= 0.6 is 0 Å². The fraction of sp³-hybridized carbons (Fsp3) is 0.333. The van der Waals surface area contributed by atoms with E-state index in [1.165, 1.54) is 24.5 Å². The topological polar surface area (TPSA) is 89.1 Å². The van der Waals surface area contributed by atoms with Gasteiger partial charge in [0.15, 0.2) is 11.4 Å². The van der Waals surface area contributed by atoms with Gasteiger partial charge >= 0.3 is 0 Å². The van der Waals surface area contributed by atoms with Crippen molar-refractivity contribution in [1.82, 2.24) is 24.9 Å². The highest BCUT2D eigenvalue weighted by molar-refractivity contribution is 5.98. The minimum absolute atomic E-state index is 0.0425. The first kappa shape index (κ1) is 22.0. The number of likely N-dealkylation sites (tertiary alicyclic amines) is 1. The number of halogens is 2. The average molecular weight is 466 g/mol. The predicted molar refractivity (Wildman–Crippen MR) is 122 cm³/mol. The molecule has 0 spiro atoms. The van der Waals surface area contributed by atoms with E-state index in [-0.39, 0.29) is 35.1 Å². The molecule has 0 radical (unpaired) electrons. The van der Waals surface area contributed by atoms with Crippen LogP contribution in [0.1, 0.15) is 35.7 Å². The van der Waals surface area contributed by atoms with Crippen molar-refractivity contribution in [2.24, 2.45) is 5.92 Å². The molecular formula is C24H24F2N6O2. The first-order chi connectivity index (χ1) is 16.4. The quantitative estimate of drug-likeness (QED) is 0.471. The number of piperidine rings is 1. The lowest BCUT2D eigenvalue weighted by atomic mass is 9.90. The first-order valence-electron chi connectivity index (χ1n) is 11.2. The zero-order valence-corrected chi connectivity index (χ0v) is 18.8. The molecule has 2 aromatic heterocycles. The van der Waals surface area contributed by atoms with Crippen LogP contribution in [0.4, 0.5) is 14.8 Å². The van der Waals surface area contributed by atoms with Crippen molar-refractivity contribution in [3.8, 4) is 5.69 Å². The third-order valence-corrected chi connectivity index (χ3v) is 6.35. The lowest BCUT2D eigenvalue weighted by molar-refractivity contribution is 0.0538. The second kappa shape index (κ2) is 8.85. The number of hydrogen-bond donors (Lipinski definition) is 1. The number of fused-ring (bicyclic) bond motifs is 1. The number of nitrogens with one attached hydrogen (secondary N) is 1. The second-order valence-electron chi connectivity index (χ2n) is 8.61. The molecule has 2 aromatic carbocycles. The van der Waals surface area contributed by atoms with Crippen LogP contribution in [0.25, 0.3) is 16.8 Å². The summed E-state index contributed by atoms with van der Waals surface area (Å²) in [5.41, 5.74) is 1.54. The highest BCUT2D eigenvalue weighted by Crippen LogP contribution is 2.29. The summed E-state index contributed by atoms with van der Waals surface area (Å²) in [6, 6.07) is 7.44. The molecule has 0 saturated carbocycles. The van der Waals surface area contributed by atoms with Gasteiger partial charge in [-0.2, -0.15) is 15.2 Å². The Labute approximate surface area is 194 Å². The SMILES string of the molecule is Cc1ccc(C(=O)N2CCC[C@@H](C)[C@H]2CNc2nc3ccc(F)cc3o2)c(-n2nccn2)c1F. The van der Waals surface area contributed by atoms with Crippen LogP contribution in [-0.2, 0) is 0 Å². The monoisotopic (exact) mass is 466 g/mol. The van der Waals surface area contributed by atoms with E-state index in [2.05, 4.69) is 27.4 Å². The molecule has 1 aliphatic rings. The van der Waals surface area contributed by atoms with Crippen LogP contribution in [0.3, 0.4) is 0 Å². The minimum atomic E-state index is -0.527. The Balaban J connectivity index is 1.43. The van der Waals surface area contributed by atoms with E-state index in [0.29, 0.717) is 29.8 Å². The van der Waals surface area contributed by atoms with Crippen molar-refractivity contribution in [3.05, 3.63) is 65.5 Å². The number of aryl methyl sites for hydroxylation is 1. The molecule has 1 aliphatic heterocycles. The van der Waals surface area contributed by atoms with Crippen molar-refractivity contribution in [3.63, 3.8) is 0 Å². The molecule has 34 heavy (non-hydrogen) atoms. The van der Waals surface area contributed by atoms with Gasteiger partial charge < -0.3 is 14.6 Å². The number of oxazole rings is 1. The lowest BCUT2D eigenvalue weighted by Gasteiger charge is -2.40. The molecule has 0 unspecified atom stereocenters. The maximum atomic E-state index is 15.1. The molecule has 1 amide bonds. The van der Waals surface area contributed by atoms with Gasteiger partial charge in [0.1, 0.15) is 17.0 Å². The van der Waals surface area contributed by atoms with Gasteiger partial charge in [0.25, 0.3) is 11.9 Å². The predicted octanol–water partition coefficient (Wildman–Crippen LogP) is 4.35. The van der Waals surface area contributed by atoms with Gasteiger partial charge in [0, 0.05) is 19.2 Å². The highest BCUT2D eigenvalue weighted by Gasteiger charge is 2.34. The lowest BCUT2D eigenvalue weighted by Crippen LogP contribution is -2.51. The zero-order valence-electron chi connectivity index (χ0n) is 18.8. The van der Waals surface area contributed by atoms with Crippen molar-refractivity contribution in [2.45, 2.75) is 32.7 Å². The zero-order chi connectivity index (χ0) is 23.8. The smallest absolute Gasteiger partial charge is 0.295 e. The van der Waals surface area contributed by atoms with E-state index < -0.39 is 11.6 Å². The first-order valence-corrected chi connectivity index (χ1v) is 11.2. The Morgan fingerprint density at radius 3 is 2.79 bits per heavy atom. The molecule has 5 rings (SSSR count). The van der Waals surface area contributed by atoms with Crippen molar-refractivity contribution < 1.29 is 18.0 Å². The molecule has 176 valence electrons. The van der Waals surface area contributed by atoms with E-state index in [9.17, 15) is 9.18 Å². The van der Waals surface area contributed by atoms with Gasteiger partial charge in [-0.1, -0.05) is 13.0 Å². The molecule has 4 aromatic rings. The van der Waals surface area contributed by atoms with Crippen LogP contribution < -0.4 is 5.32 Å². The van der Waals surface area contributed by atoms with Crippen LogP contribution in [0, 0.1) is 24.5 Å². The molecular weight excluding hydrogens is 442 g/mol. The number of rotatable bonds is 5. The maximum Gasteiger partial charge on any atom is 0.295 e. The number of nitrogens with zero attached hydrogens (tertiary/aromatic N) is 5. The number of hydrogen-bond acceptors (Lipinski definition) is 6. The molecule has 2 atom stereocenters. The Bertz CT molecular complexity index is 1340. The Kier molecular flexibility index (Phi) is 5.72. The molecule has 0 bridgehead atoms. The fourth-order valence-electron chi connectivity index (χ4n) is 4.50. The van der Waals surface area contributed by atoms with Crippen molar-refractivity contribution >= 4 is 23.0 Å². The average Bonchev–Trinajstić information content (AvgIpc) is 3.49. The van der Waals surface area contributed by atoms with E-state index in [1.54, 1.807) is 30.0 Å².